The van der Waals surface area contributed by atoms with Gasteiger partial charge in [-0.15, -0.1) is 0 Å². The van der Waals surface area contributed by atoms with Gasteiger partial charge in [0.2, 0.25) is 0 Å². The van der Waals surface area contributed by atoms with Crippen LogP contribution >= 0.6 is 0 Å². The topological polar surface area (TPSA) is 90.2 Å². The first-order valence-electron chi connectivity index (χ1n) is 7.31. The number of fused-ring (bicyclic) bond motifs is 2. The zero-order chi connectivity index (χ0) is 17.6. The van der Waals surface area contributed by atoms with Gasteiger partial charge in [-0.1, -0.05) is 17.2 Å². The average Bonchev–Trinajstić information content (AvgIpc) is 3.16. The van der Waals surface area contributed by atoms with Crippen molar-refractivity contribution in [1.82, 2.24) is 14.7 Å². The Labute approximate surface area is 141 Å². The van der Waals surface area contributed by atoms with E-state index in [1.807, 2.05) is 0 Å². The van der Waals surface area contributed by atoms with Crippen LogP contribution in [0.4, 0.5) is 0 Å². The number of rotatable bonds is 3. The molecule has 0 radical (unpaired) electrons. The number of aromatic nitrogens is 2. The highest BCUT2D eigenvalue weighted by Gasteiger charge is 2.39. The van der Waals surface area contributed by atoms with Gasteiger partial charge in [0.1, 0.15) is 11.3 Å². The predicted octanol–water partition coefficient (Wildman–Crippen LogP) is 1.71. The summed E-state index contributed by atoms with van der Waals surface area (Å²) in [6.45, 7) is 0. The molecular weight excluding hydrogens is 326 g/mol. The van der Waals surface area contributed by atoms with Gasteiger partial charge >= 0.3 is 5.97 Å². The van der Waals surface area contributed by atoms with Gasteiger partial charge in [-0.05, 0) is 24.3 Å². The van der Waals surface area contributed by atoms with Crippen LogP contribution < -0.4 is 4.74 Å². The van der Waals surface area contributed by atoms with Crippen LogP contribution in [0.5, 0.6) is 5.75 Å². The lowest BCUT2D eigenvalue weighted by atomic mass is 10.1. The molecule has 0 fully saturated rings. The maximum Gasteiger partial charge on any atom is 0.367 e. The van der Waals surface area contributed by atoms with Crippen molar-refractivity contribution < 1.29 is 24.0 Å². The van der Waals surface area contributed by atoms with Crippen LogP contribution in [0.25, 0.3) is 5.52 Å². The van der Waals surface area contributed by atoms with Crippen LogP contribution in [-0.4, -0.2) is 39.6 Å². The number of hydroxylamine groups is 2. The van der Waals surface area contributed by atoms with E-state index in [1.165, 1.54) is 30.0 Å². The molecule has 25 heavy (non-hydrogen) atoms. The number of pyridine rings is 1. The zero-order valence-electron chi connectivity index (χ0n) is 13.0. The number of imide groups is 1. The lowest BCUT2D eigenvalue weighted by Crippen LogP contribution is -2.32. The van der Waals surface area contributed by atoms with E-state index in [9.17, 15) is 14.4 Å². The lowest BCUT2D eigenvalue weighted by molar-refractivity contribution is -0.0583. The number of carbonyl (C=O) groups excluding carboxylic acids is 3. The van der Waals surface area contributed by atoms with Crippen LogP contribution in [0.3, 0.4) is 0 Å². The molecule has 0 saturated heterocycles. The largest absolute Gasteiger partial charge is 0.495 e. The number of methoxy groups -OCH3 is 1. The van der Waals surface area contributed by atoms with Gasteiger partial charge in [-0.2, -0.15) is 5.10 Å². The molecule has 4 rings (SSSR count). The lowest BCUT2D eigenvalue weighted by Gasteiger charge is -2.12. The highest BCUT2D eigenvalue weighted by Crippen LogP contribution is 2.24. The molecule has 0 unspecified atom stereocenters. The second kappa shape index (κ2) is 5.45. The average molecular weight is 337 g/mol. The van der Waals surface area contributed by atoms with Crippen molar-refractivity contribution in [1.29, 1.82) is 0 Å². The summed E-state index contributed by atoms with van der Waals surface area (Å²) in [4.78, 5) is 42.0. The summed E-state index contributed by atoms with van der Waals surface area (Å²) in [5, 5.41) is 4.52. The number of carbonyl (C=O) groups is 3. The number of benzene rings is 1. The van der Waals surface area contributed by atoms with E-state index in [0.717, 1.165) is 0 Å². The van der Waals surface area contributed by atoms with Gasteiger partial charge in [0.25, 0.3) is 11.8 Å². The Morgan fingerprint density at radius 1 is 1.04 bits per heavy atom. The van der Waals surface area contributed by atoms with Gasteiger partial charge in [-0.25, -0.2) is 9.31 Å². The third-order valence-corrected chi connectivity index (χ3v) is 3.88. The summed E-state index contributed by atoms with van der Waals surface area (Å²) in [6, 6.07) is 9.57. The molecule has 0 saturated carbocycles. The minimum atomic E-state index is -0.852. The molecular formula is C17H11N3O5. The van der Waals surface area contributed by atoms with E-state index in [4.69, 9.17) is 9.57 Å². The van der Waals surface area contributed by atoms with Gasteiger partial charge in [0, 0.05) is 0 Å². The van der Waals surface area contributed by atoms with Crippen LogP contribution in [-0.2, 0) is 4.84 Å². The van der Waals surface area contributed by atoms with Crippen LogP contribution in [0.1, 0.15) is 31.1 Å². The Hall–Kier alpha value is -3.68. The second-order valence-electron chi connectivity index (χ2n) is 5.29. The molecule has 2 amide bonds. The van der Waals surface area contributed by atoms with Gasteiger partial charge in [0.15, 0.2) is 0 Å². The molecule has 124 valence electrons. The molecule has 1 aromatic carbocycles. The molecule has 0 bridgehead atoms. The summed E-state index contributed by atoms with van der Waals surface area (Å²) < 4.78 is 6.53. The predicted molar refractivity (Wildman–Crippen MR) is 84.1 cm³/mol. The number of nitrogens with zero attached hydrogens (tertiary/aromatic N) is 3. The van der Waals surface area contributed by atoms with E-state index in [-0.39, 0.29) is 16.7 Å². The zero-order valence-corrected chi connectivity index (χ0v) is 13.0. The molecule has 1 aliphatic heterocycles. The Kier molecular flexibility index (Phi) is 3.24. The van der Waals surface area contributed by atoms with Crippen molar-refractivity contribution in [3.63, 3.8) is 0 Å². The second-order valence-corrected chi connectivity index (χ2v) is 5.29. The fraction of sp³-hybridized carbons (Fsp3) is 0.0588. The first-order chi connectivity index (χ1) is 12.1. The van der Waals surface area contributed by atoms with Crippen LogP contribution in [0, 0.1) is 0 Å². The minimum absolute atomic E-state index is 0.124. The number of ether oxygens (including phenoxy) is 1. The maximum absolute atomic E-state index is 12.4. The monoisotopic (exact) mass is 337 g/mol. The van der Waals surface area contributed by atoms with E-state index < -0.39 is 17.8 Å². The van der Waals surface area contributed by atoms with E-state index in [1.54, 1.807) is 30.5 Å². The fourth-order valence-corrected chi connectivity index (χ4v) is 2.63. The van der Waals surface area contributed by atoms with Crippen LogP contribution in [0.15, 0.2) is 48.8 Å². The molecule has 8 nitrogen and oxygen atoms in total. The normalized spacial score (nSPS) is 13.2. The molecule has 1 aliphatic rings. The molecule has 0 N–H and O–H groups in total. The fourth-order valence-electron chi connectivity index (χ4n) is 2.63. The van der Waals surface area contributed by atoms with E-state index in [2.05, 4.69) is 5.10 Å². The summed E-state index contributed by atoms with van der Waals surface area (Å²) >= 11 is 0. The van der Waals surface area contributed by atoms with Gasteiger partial charge in [0.05, 0.1) is 36.1 Å². The SMILES string of the molecule is COc1ccc2c(C(=O)ON3C(=O)c4ccccc4C3=O)cnn2c1. The number of amides is 2. The molecule has 0 spiro atoms. The Morgan fingerprint density at radius 2 is 1.72 bits per heavy atom. The minimum Gasteiger partial charge on any atom is -0.495 e. The standard InChI is InChI=1S/C17H11N3O5/c1-24-10-6-7-14-13(8-18-19(14)9-10)17(23)25-20-15(21)11-4-2-3-5-12(11)16(20)22/h2-9H,1H3. The molecule has 8 heteroatoms. The first kappa shape index (κ1) is 14.9. The highest BCUT2D eigenvalue weighted by molar-refractivity contribution is 6.21. The summed E-state index contributed by atoms with van der Waals surface area (Å²) in [5.74, 6) is -1.63. The van der Waals surface area contributed by atoms with Crippen molar-refractivity contribution in [2.45, 2.75) is 0 Å². The molecule has 3 heterocycles. The third-order valence-electron chi connectivity index (χ3n) is 3.88. The smallest absolute Gasteiger partial charge is 0.367 e. The van der Waals surface area contributed by atoms with Crippen molar-refractivity contribution in [3.05, 3.63) is 65.5 Å². The van der Waals surface area contributed by atoms with Gasteiger partial charge < -0.3 is 9.57 Å². The van der Waals surface area contributed by atoms with Crippen molar-refractivity contribution in [2.75, 3.05) is 7.11 Å². The van der Waals surface area contributed by atoms with Crippen molar-refractivity contribution in [2.24, 2.45) is 0 Å². The summed E-state index contributed by atoms with van der Waals surface area (Å²) in [7, 11) is 1.52. The maximum atomic E-state index is 12.4. The molecule has 0 atom stereocenters. The first-order valence-corrected chi connectivity index (χ1v) is 7.31. The Balaban J connectivity index is 1.63. The molecule has 0 aliphatic carbocycles. The summed E-state index contributed by atoms with van der Waals surface area (Å²) in [6.07, 6.45) is 2.89. The van der Waals surface area contributed by atoms with E-state index >= 15 is 0 Å². The third kappa shape index (κ3) is 2.23. The highest BCUT2D eigenvalue weighted by atomic mass is 16.7. The Morgan fingerprint density at radius 3 is 2.36 bits per heavy atom. The Bertz CT molecular complexity index is 1000. The van der Waals surface area contributed by atoms with Crippen LogP contribution in [0.2, 0.25) is 0 Å². The quantitative estimate of drug-likeness (QED) is 0.676. The van der Waals surface area contributed by atoms with E-state index in [0.29, 0.717) is 16.3 Å². The molecule has 2 aromatic heterocycles. The van der Waals surface area contributed by atoms with Gasteiger partial charge in [-0.3, -0.25) is 9.59 Å². The number of hydrogen-bond acceptors (Lipinski definition) is 6. The van der Waals surface area contributed by atoms with Crippen molar-refractivity contribution in [3.8, 4) is 5.75 Å². The number of hydrogen-bond donors (Lipinski definition) is 0. The van der Waals surface area contributed by atoms with Crippen molar-refractivity contribution >= 4 is 23.3 Å². The molecule has 3 aromatic rings. The summed E-state index contributed by atoms with van der Waals surface area (Å²) in [5.41, 5.74) is 0.983.